The maximum absolute atomic E-state index is 11.8. The molecule has 0 aliphatic heterocycles. The highest BCUT2D eigenvalue weighted by Crippen LogP contribution is 2.17. The minimum absolute atomic E-state index is 0.0364. The van der Waals surface area contributed by atoms with Gasteiger partial charge in [0.2, 0.25) is 0 Å². The first-order chi connectivity index (χ1) is 11.0. The molecule has 0 saturated carbocycles. The lowest BCUT2D eigenvalue weighted by Crippen LogP contribution is -2.32. The van der Waals surface area contributed by atoms with E-state index in [-0.39, 0.29) is 12.3 Å². The fraction of sp³-hybridized carbons (Fsp3) is 0.176. The molecule has 0 aromatic heterocycles. The van der Waals surface area contributed by atoms with Crippen LogP contribution in [0.3, 0.4) is 0 Å². The van der Waals surface area contributed by atoms with Crippen molar-refractivity contribution >= 4 is 29.1 Å². The lowest BCUT2D eigenvalue weighted by Gasteiger charge is -2.13. The Labute approximate surface area is 139 Å². The maximum atomic E-state index is 11.8. The summed E-state index contributed by atoms with van der Waals surface area (Å²) >= 11 is 5.86. The minimum atomic E-state index is -0.848. The van der Waals surface area contributed by atoms with E-state index in [1.807, 2.05) is 0 Å². The van der Waals surface area contributed by atoms with Crippen molar-refractivity contribution in [1.82, 2.24) is 5.32 Å². The molecule has 2 aromatic carbocycles. The molecule has 120 valence electrons. The molecule has 0 heterocycles. The summed E-state index contributed by atoms with van der Waals surface area (Å²) in [4.78, 5) is 23.0. The van der Waals surface area contributed by atoms with Crippen molar-refractivity contribution in [3.05, 3.63) is 64.7 Å². The Balaban J connectivity index is 1.86. The molecule has 0 fully saturated rings. The average molecular weight is 333 g/mol. The van der Waals surface area contributed by atoms with Gasteiger partial charge in [-0.25, -0.2) is 4.79 Å². The van der Waals surface area contributed by atoms with Gasteiger partial charge in [-0.3, -0.25) is 4.79 Å². The third-order valence-electron chi connectivity index (χ3n) is 3.24. The number of carbonyl (C=O) groups excluding carboxylic acids is 2. The van der Waals surface area contributed by atoms with E-state index in [2.05, 4.69) is 10.6 Å². The number of ketones is 1. The largest absolute Gasteiger partial charge is 0.387 e. The number of hydrogen-bond acceptors (Lipinski definition) is 3. The molecule has 0 bridgehead atoms. The number of carbonyl (C=O) groups is 2. The van der Waals surface area contributed by atoms with E-state index in [0.29, 0.717) is 21.8 Å². The second kappa shape index (κ2) is 7.76. The first-order valence-electron chi connectivity index (χ1n) is 7.05. The van der Waals surface area contributed by atoms with E-state index in [1.54, 1.807) is 48.5 Å². The van der Waals surface area contributed by atoms with Crippen LogP contribution in [0.1, 0.15) is 28.9 Å². The molecular weight excluding hydrogens is 316 g/mol. The third-order valence-corrected chi connectivity index (χ3v) is 3.47. The zero-order chi connectivity index (χ0) is 16.8. The number of anilines is 1. The summed E-state index contributed by atoms with van der Waals surface area (Å²) in [5, 5.41) is 15.7. The van der Waals surface area contributed by atoms with Crippen LogP contribution >= 0.6 is 11.6 Å². The third kappa shape index (κ3) is 5.09. The summed E-state index contributed by atoms with van der Waals surface area (Å²) in [6.07, 6.45) is -0.848. The Morgan fingerprint density at radius 1 is 1.17 bits per heavy atom. The van der Waals surface area contributed by atoms with Gasteiger partial charge in [0.05, 0.1) is 6.10 Å². The number of amides is 2. The number of aliphatic hydroxyl groups excluding tert-OH is 1. The highest BCUT2D eigenvalue weighted by Gasteiger charge is 2.10. The SMILES string of the molecule is CC(=O)c1ccc(NC(=O)NC[C@H](O)c2cccc(Cl)c2)cc1. The van der Waals surface area contributed by atoms with Crippen molar-refractivity contribution in [2.24, 2.45) is 0 Å². The van der Waals surface area contributed by atoms with Gasteiger partial charge in [-0.15, -0.1) is 0 Å². The fourth-order valence-electron chi connectivity index (χ4n) is 1.98. The van der Waals surface area contributed by atoms with Crippen LogP contribution in [0.2, 0.25) is 5.02 Å². The summed E-state index contributed by atoms with van der Waals surface area (Å²) in [5.74, 6) is -0.0364. The Bertz CT molecular complexity index is 701. The monoisotopic (exact) mass is 332 g/mol. The van der Waals surface area contributed by atoms with Crippen molar-refractivity contribution in [3.63, 3.8) is 0 Å². The minimum Gasteiger partial charge on any atom is -0.387 e. The summed E-state index contributed by atoms with van der Waals surface area (Å²) in [7, 11) is 0. The quantitative estimate of drug-likeness (QED) is 0.734. The predicted octanol–water partition coefficient (Wildman–Crippen LogP) is 3.40. The zero-order valence-corrected chi connectivity index (χ0v) is 13.3. The first-order valence-corrected chi connectivity index (χ1v) is 7.43. The van der Waals surface area contributed by atoms with Crippen LogP contribution in [0, 0.1) is 0 Å². The number of rotatable bonds is 5. The molecule has 2 amide bonds. The van der Waals surface area contributed by atoms with Gasteiger partial charge in [0.25, 0.3) is 0 Å². The van der Waals surface area contributed by atoms with Gasteiger partial charge in [-0.1, -0.05) is 23.7 Å². The number of Topliss-reactive ketones (excluding diaryl/α,β-unsaturated/α-hetero) is 1. The van der Waals surface area contributed by atoms with Gasteiger partial charge in [0.1, 0.15) is 0 Å². The standard InChI is InChI=1S/C17H17ClN2O3/c1-11(21)12-5-7-15(8-6-12)20-17(23)19-10-16(22)13-3-2-4-14(18)9-13/h2-9,16,22H,10H2,1H3,(H2,19,20,23)/t16-/m0/s1. The Morgan fingerprint density at radius 3 is 2.48 bits per heavy atom. The molecule has 23 heavy (non-hydrogen) atoms. The average Bonchev–Trinajstić information content (AvgIpc) is 2.53. The number of halogens is 1. The predicted molar refractivity (Wildman–Crippen MR) is 89.9 cm³/mol. The van der Waals surface area contributed by atoms with Gasteiger partial charge in [-0.2, -0.15) is 0 Å². The van der Waals surface area contributed by atoms with Crippen LogP contribution < -0.4 is 10.6 Å². The van der Waals surface area contributed by atoms with Gasteiger partial charge >= 0.3 is 6.03 Å². The second-order valence-electron chi connectivity index (χ2n) is 5.04. The molecule has 1 atom stereocenters. The molecule has 2 aromatic rings. The first kappa shape index (κ1) is 17.0. The van der Waals surface area contributed by atoms with Crippen LogP contribution in [-0.2, 0) is 0 Å². The number of hydrogen-bond donors (Lipinski definition) is 3. The van der Waals surface area contributed by atoms with Gasteiger partial charge in [-0.05, 0) is 48.9 Å². The molecule has 5 nitrogen and oxygen atoms in total. The van der Waals surface area contributed by atoms with E-state index in [0.717, 1.165) is 0 Å². The molecule has 3 N–H and O–H groups in total. The lowest BCUT2D eigenvalue weighted by molar-refractivity contribution is 0.101. The highest BCUT2D eigenvalue weighted by molar-refractivity contribution is 6.30. The molecule has 2 rings (SSSR count). The van der Waals surface area contributed by atoms with Crippen molar-refractivity contribution < 1.29 is 14.7 Å². The number of aliphatic hydroxyl groups is 1. The highest BCUT2D eigenvalue weighted by atomic mass is 35.5. The Hall–Kier alpha value is -2.37. The van der Waals surface area contributed by atoms with Crippen LogP contribution in [0.4, 0.5) is 10.5 Å². The van der Waals surface area contributed by atoms with Crippen molar-refractivity contribution in [2.45, 2.75) is 13.0 Å². The normalized spacial score (nSPS) is 11.6. The van der Waals surface area contributed by atoms with Gasteiger partial charge < -0.3 is 15.7 Å². The number of urea groups is 1. The summed E-state index contributed by atoms with van der Waals surface area (Å²) in [6, 6.07) is 12.9. The molecule has 0 aliphatic rings. The van der Waals surface area contributed by atoms with E-state index < -0.39 is 12.1 Å². The van der Waals surface area contributed by atoms with E-state index >= 15 is 0 Å². The van der Waals surface area contributed by atoms with E-state index in [4.69, 9.17) is 11.6 Å². The van der Waals surface area contributed by atoms with E-state index in [1.165, 1.54) is 6.92 Å². The van der Waals surface area contributed by atoms with Gasteiger partial charge in [0, 0.05) is 22.8 Å². The molecular formula is C17H17ClN2O3. The zero-order valence-electron chi connectivity index (χ0n) is 12.5. The lowest BCUT2D eigenvalue weighted by atomic mass is 10.1. The van der Waals surface area contributed by atoms with Crippen molar-refractivity contribution in [1.29, 1.82) is 0 Å². The molecule has 0 aliphatic carbocycles. The summed E-state index contributed by atoms with van der Waals surface area (Å²) < 4.78 is 0. The Morgan fingerprint density at radius 2 is 1.87 bits per heavy atom. The summed E-state index contributed by atoms with van der Waals surface area (Å²) in [5.41, 5.74) is 1.76. The smallest absolute Gasteiger partial charge is 0.319 e. The molecule has 0 radical (unpaired) electrons. The van der Waals surface area contributed by atoms with Crippen molar-refractivity contribution in [3.8, 4) is 0 Å². The molecule has 0 unspecified atom stereocenters. The van der Waals surface area contributed by atoms with Crippen LogP contribution in [0.5, 0.6) is 0 Å². The second-order valence-corrected chi connectivity index (χ2v) is 5.48. The van der Waals surface area contributed by atoms with Crippen molar-refractivity contribution in [2.75, 3.05) is 11.9 Å². The van der Waals surface area contributed by atoms with E-state index in [9.17, 15) is 14.7 Å². The topological polar surface area (TPSA) is 78.4 Å². The molecule has 0 saturated heterocycles. The van der Waals surface area contributed by atoms with Crippen LogP contribution in [0.15, 0.2) is 48.5 Å². The Kier molecular flexibility index (Phi) is 5.73. The van der Waals surface area contributed by atoms with Crippen LogP contribution in [0.25, 0.3) is 0 Å². The number of nitrogens with one attached hydrogen (secondary N) is 2. The maximum Gasteiger partial charge on any atom is 0.319 e. The number of benzene rings is 2. The summed E-state index contributed by atoms with van der Waals surface area (Å²) in [6.45, 7) is 1.53. The molecule has 6 heteroatoms. The fourth-order valence-corrected chi connectivity index (χ4v) is 2.18. The van der Waals surface area contributed by atoms with Crippen LogP contribution in [-0.4, -0.2) is 23.5 Å². The molecule has 0 spiro atoms. The van der Waals surface area contributed by atoms with Gasteiger partial charge in [0.15, 0.2) is 5.78 Å².